The van der Waals surface area contributed by atoms with E-state index in [1.807, 2.05) is 9.80 Å². The number of hydrogen-bond acceptors (Lipinski definition) is 5. The Kier molecular flexibility index (Phi) is 7.39. The van der Waals surface area contributed by atoms with Gasteiger partial charge in [-0.2, -0.15) is 0 Å². The molecular formula is C22H38N4O4. The lowest BCUT2D eigenvalue weighted by atomic mass is 9.91. The van der Waals surface area contributed by atoms with E-state index in [9.17, 15) is 14.4 Å². The number of nitrogens with zero attached hydrogens (tertiary/aromatic N) is 3. The first kappa shape index (κ1) is 23.0. The average Bonchev–Trinajstić information content (AvgIpc) is 3.34. The molecule has 3 rings (SSSR count). The standard InChI is InChI=1S/C22H38N4O4/c1-16(27)25-14-17(12-19(25)21(29)24-9-7-23-8-10-24)26(15-18-6-5-11-30-18)20(28)13-22(2,3)4/h17-19,23H,5-15H2,1-4H3. The molecule has 8 heteroatoms. The number of rotatable bonds is 5. The maximum absolute atomic E-state index is 13.3. The van der Waals surface area contributed by atoms with Gasteiger partial charge in [-0.15, -0.1) is 0 Å². The Balaban J connectivity index is 1.77. The van der Waals surface area contributed by atoms with Gasteiger partial charge >= 0.3 is 0 Å². The SMILES string of the molecule is CC(=O)N1CC(N(CC2CCCO2)C(=O)CC(C)(C)C)CC1C(=O)N1CCNCC1. The van der Waals surface area contributed by atoms with E-state index in [0.29, 0.717) is 39.0 Å². The van der Waals surface area contributed by atoms with Gasteiger partial charge in [0.2, 0.25) is 17.7 Å². The van der Waals surface area contributed by atoms with Crippen molar-refractivity contribution in [3.8, 4) is 0 Å². The molecule has 3 aliphatic rings. The molecule has 3 aliphatic heterocycles. The van der Waals surface area contributed by atoms with Crippen molar-refractivity contribution in [3.63, 3.8) is 0 Å². The highest BCUT2D eigenvalue weighted by molar-refractivity contribution is 5.88. The second kappa shape index (κ2) is 9.64. The van der Waals surface area contributed by atoms with E-state index >= 15 is 0 Å². The molecule has 3 saturated heterocycles. The summed E-state index contributed by atoms with van der Waals surface area (Å²) in [7, 11) is 0. The van der Waals surface area contributed by atoms with Crippen LogP contribution in [0.5, 0.6) is 0 Å². The molecular weight excluding hydrogens is 384 g/mol. The van der Waals surface area contributed by atoms with Crippen molar-refractivity contribution in [1.82, 2.24) is 20.0 Å². The second-order valence-electron chi connectivity index (χ2n) is 10.1. The molecule has 0 spiro atoms. The zero-order valence-corrected chi connectivity index (χ0v) is 19.0. The van der Waals surface area contributed by atoms with Crippen molar-refractivity contribution in [1.29, 1.82) is 0 Å². The van der Waals surface area contributed by atoms with E-state index in [2.05, 4.69) is 26.1 Å². The second-order valence-corrected chi connectivity index (χ2v) is 10.1. The van der Waals surface area contributed by atoms with E-state index < -0.39 is 6.04 Å². The summed E-state index contributed by atoms with van der Waals surface area (Å²) in [5.41, 5.74) is -0.124. The van der Waals surface area contributed by atoms with Gasteiger partial charge in [0, 0.05) is 59.2 Å². The predicted octanol–water partition coefficient (Wildman–Crippen LogP) is 0.851. The van der Waals surface area contributed by atoms with Crippen molar-refractivity contribution >= 4 is 17.7 Å². The Hall–Kier alpha value is -1.67. The van der Waals surface area contributed by atoms with Crippen LogP contribution in [0.2, 0.25) is 0 Å². The first-order valence-electron chi connectivity index (χ1n) is 11.3. The molecule has 0 aromatic rings. The third-order valence-corrected chi connectivity index (χ3v) is 6.26. The van der Waals surface area contributed by atoms with E-state index in [0.717, 1.165) is 32.5 Å². The number of ether oxygens (including phenoxy) is 1. The van der Waals surface area contributed by atoms with Gasteiger partial charge in [-0.05, 0) is 24.7 Å². The van der Waals surface area contributed by atoms with Gasteiger partial charge in [0.15, 0.2) is 0 Å². The number of likely N-dealkylation sites (tertiary alicyclic amines) is 1. The third-order valence-electron chi connectivity index (χ3n) is 6.26. The van der Waals surface area contributed by atoms with Gasteiger partial charge in [-0.25, -0.2) is 0 Å². The number of carbonyl (C=O) groups excluding carboxylic acids is 3. The Bertz CT molecular complexity index is 636. The Morgan fingerprint density at radius 3 is 2.43 bits per heavy atom. The van der Waals surface area contributed by atoms with Crippen molar-refractivity contribution in [3.05, 3.63) is 0 Å². The molecule has 170 valence electrons. The number of nitrogens with one attached hydrogen (secondary N) is 1. The summed E-state index contributed by atoms with van der Waals surface area (Å²) in [6, 6.07) is -0.634. The van der Waals surface area contributed by atoms with Crippen LogP contribution in [-0.2, 0) is 19.1 Å². The molecule has 0 radical (unpaired) electrons. The van der Waals surface area contributed by atoms with E-state index in [1.165, 1.54) is 6.92 Å². The maximum atomic E-state index is 13.3. The molecule has 3 amide bonds. The van der Waals surface area contributed by atoms with E-state index in [4.69, 9.17) is 4.74 Å². The minimum atomic E-state index is -0.486. The normalized spacial score (nSPS) is 27.4. The van der Waals surface area contributed by atoms with Gasteiger partial charge in [0.05, 0.1) is 12.1 Å². The molecule has 30 heavy (non-hydrogen) atoms. The van der Waals surface area contributed by atoms with Gasteiger partial charge in [0.1, 0.15) is 6.04 Å². The molecule has 0 aromatic carbocycles. The fourth-order valence-electron chi connectivity index (χ4n) is 4.74. The number of piperazine rings is 1. The van der Waals surface area contributed by atoms with Gasteiger partial charge in [0.25, 0.3) is 0 Å². The van der Waals surface area contributed by atoms with Crippen molar-refractivity contribution in [2.24, 2.45) is 5.41 Å². The van der Waals surface area contributed by atoms with Crippen LogP contribution in [-0.4, -0.2) is 96.5 Å². The van der Waals surface area contributed by atoms with Gasteiger partial charge in [-0.1, -0.05) is 20.8 Å². The van der Waals surface area contributed by atoms with Crippen LogP contribution in [0, 0.1) is 5.41 Å². The Morgan fingerprint density at radius 1 is 1.17 bits per heavy atom. The summed E-state index contributed by atoms with van der Waals surface area (Å²) in [4.78, 5) is 44.2. The highest BCUT2D eigenvalue weighted by atomic mass is 16.5. The average molecular weight is 423 g/mol. The lowest BCUT2D eigenvalue weighted by Crippen LogP contribution is -2.53. The summed E-state index contributed by atoms with van der Waals surface area (Å²) in [6.07, 6.45) is 2.95. The minimum Gasteiger partial charge on any atom is -0.376 e. The predicted molar refractivity (Wildman–Crippen MR) is 114 cm³/mol. The number of carbonyl (C=O) groups is 3. The van der Waals surface area contributed by atoms with Gasteiger partial charge < -0.3 is 24.8 Å². The largest absolute Gasteiger partial charge is 0.376 e. The molecule has 0 aliphatic carbocycles. The Labute approximate surface area is 180 Å². The van der Waals surface area contributed by atoms with Gasteiger partial charge in [-0.3, -0.25) is 14.4 Å². The molecule has 3 atom stereocenters. The molecule has 3 unspecified atom stereocenters. The van der Waals surface area contributed by atoms with E-state index in [1.54, 1.807) is 4.90 Å². The monoisotopic (exact) mass is 422 g/mol. The molecule has 0 aromatic heterocycles. The van der Waals surface area contributed by atoms with Crippen molar-refractivity contribution < 1.29 is 19.1 Å². The van der Waals surface area contributed by atoms with Crippen LogP contribution >= 0.6 is 0 Å². The first-order chi connectivity index (χ1) is 14.2. The van der Waals surface area contributed by atoms with Crippen molar-refractivity contribution in [2.75, 3.05) is 45.9 Å². The zero-order chi connectivity index (χ0) is 21.9. The first-order valence-corrected chi connectivity index (χ1v) is 11.3. The number of hydrogen-bond donors (Lipinski definition) is 1. The summed E-state index contributed by atoms with van der Waals surface area (Å²) in [6.45, 7) is 12.3. The summed E-state index contributed by atoms with van der Waals surface area (Å²) >= 11 is 0. The molecule has 0 saturated carbocycles. The molecule has 3 heterocycles. The minimum absolute atomic E-state index is 0.00883. The Morgan fingerprint density at radius 2 is 1.87 bits per heavy atom. The molecule has 3 fully saturated rings. The van der Waals surface area contributed by atoms with Crippen LogP contribution in [0.25, 0.3) is 0 Å². The molecule has 1 N–H and O–H groups in total. The topological polar surface area (TPSA) is 82.2 Å². The summed E-state index contributed by atoms with van der Waals surface area (Å²) in [5.74, 6) is -0.0115. The quantitative estimate of drug-likeness (QED) is 0.710. The smallest absolute Gasteiger partial charge is 0.245 e. The third kappa shape index (κ3) is 5.72. The van der Waals surface area contributed by atoms with Crippen LogP contribution in [0.4, 0.5) is 0 Å². The maximum Gasteiger partial charge on any atom is 0.245 e. The molecule has 0 bridgehead atoms. The highest BCUT2D eigenvalue weighted by Crippen LogP contribution is 2.29. The fourth-order valence-corrected chi connectivity index (χ4v) is 4.74. The van der Waals surface area contributed by atoms with Crippen LogP contribution in [0.15, 0.2) is 0 Å². The van der Waals surface area contributed by atoms with Crippen LogP contribution in [0.3, 0.4) is 0 Å². The van der Waals surface area contributed by atoms with Crippen LogP contribution in [0.1, 0.15) is 53.4 Å². The van der Waals surface area contributed by atoms with Crippen molar-refractivity contribution in [2.45, 2.75) is 71.6 Å². The summed E-state index contributed by atoms with van der Waals surface area (Å²) in [5, 5.41) is 3.26. The highest BCUT2D eigenvalue weighted by Gasteiger charge is 2.44. The lowest BCUT2D eigenvalue weighted by molar-refractivity contribution is -0.143. The molecule has 8 nitrogen and oxygen atoms in total. The summed E-state index contributed by atoms with van der Waals surface area (Å²) < 4.78 is 5.81. The fraction of sp³-hybridized carbons (Fsp3) is 0.864. The number of amides is 3. The van der Waals surface area contributed by atoms with E-state index in [-0.39, 0.29) is 35.3 Å². The zero-order valence-electron chi connectivity index (χ0n) is 19.0. The lowest BCUT2D eigenvalue weighted by Gasteiger charge is -2.33. The van der Waals surface area contributed by atoms with Crippen LogP contribution < -0.4 is 5.32 Å².